The van der Waals surface area contributed by atoms with E-state index in [-0.39, 0.29) is 37.9 Å². The van der Waals surface area contributed by atoms with E-state index in [0.29, 0.717) is 19.3 Å². The van der Waals surface area contributed by atoms with Gasteiger partial charge in [0.1, 0.15) is 30.7 Å². The number of unbranched alkanes of at least 4 members (excludes halogenated alkanes) is 5. The molecule has 72 heavy (non-hydrogen) atoms. The number of ether oxygens (including phenoxy) is 3. The second-order valence-electron chi connectivity index (χ2n) is 16.9. The Kier molecular flexibility index (Phi) is 33.4. The highest BCUT2D eigenvalue weighted by Crippen LogP contribution is 2.60. The first kappa shape index (κ1) is 64.0. The Morgan fingerprint density at radius 2 is 1.29 bits per heavy atom. The molecule has 1 aliphatic rings. The summed E-state index contributed by atoms with van der Waals surface area (Å²) in [4.78, 5) is 61.9. The zero-order valence-electron chi connectivity index (χ0n) is 41.7. The van der Waals surface area contributed by atoms with Crippen LogP contribution in [0.2, 0.25) is 0 Å². The van der Waals surface area contributed by atoms with E-state index in [1.165, 1.54) is 25.3 Å². The number of carbonyl (C=O) groups is 2. The fourth-order valence-electron chi connectivity index (χ4n) is 6.70. The van der Waals surface area contributed by atoms with E-state index in [9.17, 15) is 53.7 Å². The summed E-state index contributed by atoms with van der Waals surface area (Å²) in [5.74, 6) is -1.66. The van der Waals surface area contributed by atoms with Crippen molar-refractivity contribution in [3.05, 3.63) is 108 Å². The number of hydrogen-bond donors (Lipinski definition) is 7. The van der Waals surface area contributed by atoms with Crippen molar-refractivity contribution in [2.75, 3.05) is 25.6 Å². The van der Waals surface area contributed by atoms with Crippen LogP contribution in [0.15, 0.2) is 102 Å². The summed E-state index contributed by atoms with van der Waals surface area (Å²) in [5.41, 5.74) is 4.55. The van der Waals surface area contributed by atoms with Gasteiger partial charge >= 0.3 is 33.3 Å². The fourth-order valence-corrected chi connectivity index (χ4v) is 8.81. The topological polar surface area (TPSA) is 306 Å². The first-order valence-corrected chi connectivity index (χ1v) is 27.8. The van der Waals surface area contributed by atoms with E-state index in [1.807, 2.05) is 30.4 Å². The van der Waals surface area contributed by atoms with Crippen molar-refractivity contribution in [3.8, 4) is 0 Å². The number of nitrogen functional groups attached to an aromatic ring is 1. The van der Waals surface area contributed by atoms with Crippen LogP contribution in [0.4, 0.5) is 5.82 Å². The van der Waals surface area contributed by atoms with Crippen LogP contribution in [0.3, 0.4) is 0 Å². The second-order valence-corrected chi connectivity index (χ2v) is 19.9. The summed E-state index contributed by atoms with van der Waals surface area (Å²) >= 11 is 0. The molecule has 8 N–H and O–H groups in total. The summed E-state index contributed by atoms with van der Waals surface area (Å²) in [7, 11) is -11.0. The Morgan fingerprint density at radius 3 is 1.89 bits per heavy atom. The number of allylic oxidation sites excluding steroid dienone is 13. The minimum atomic E-state index is -5.51. The highest BCUT2D eigenvalue weighted by molar-refractivity contribution is 7.61. The van der Waals surface area contributed by atoms with Gasteiger partial charge in [0.05, 0.1) is 25.4 Å². The van der Waals surface area contributed by atoms with Gasteiger partial charge in [0.25, 0.3) is 0 Å². The molecule has 0 spiro atoms. The molecule has 0 saturated carbocycles. The van der Waals surface area contributed by atoms with Crippen LogP contribution in [0, 0.1) is 0 Å². The van der Waals surface area contributed by atoms with Crippen molar-refractivity contribution in [1.82, 2.24) is 9.55 Å². The molecule has 1 aromatic rings. The number of phosphoric acid groups is 2. The lowest BCUT2D eigenvalue weighted by Gasteiger charge is -2.22. The molecule has 2 rings (SSSR count). The van der Waals surface area contributed by atoms with E-state index in [4.69, 9.17) is 29.0 Å². The maximum absolute atomic E-state index is 12.9. The molecule has 20 nitrogen and oxygen atoms in total. The molecular weight excluding hydrogens is 977 g/mol. The van der Waals surface area contributed by atoms with Gasteiger partial charge in [-0.15, -0.1) is 0 Å². The van der Waals surface area contributed by atoms with Crippen LogP contribution >= 0.6 is 15.6 Å². The Morgan fingerprint density at radius 1 is 0.736 bits per heavy atom. The predicted octanol–water partition coefficient (Wildman–Crippen LogP) is 7.83. The lowest BCUT2D eigenvalue weighted by atomic mass is 10.0. The molecule has 0 radical (unpaired) electrons. The highest BCUT2D eigenvalue weighted by Gasteiger charge is 2.46. The van der Waals surface area contributed by atoms with E-state index in [1.54, 1.807) is 6.08 Å². The van der Waals surface area contributed by atoms with E-state index >= 15 is 0 Å². The standard InChI is InChI=1S/C50H79N3O17P2/c1-3-5-7-9-11-13-15-17-18-19-21-23-25-27-29-33-45(56)65-37-40(68-46(57)34-30-32-42(55)41(54)31-28-26-24-22-20-16-14-12-10-8-6-4-2)38-66-71(61,62)70-72(63,64)67-39-43-47(58)48(59)49(69-43)53-36-35-44(51)52-50(53)60/h6,8,11-14,17-18,20-23,26,28,35-36,40-43,47-49,54-55,58-59H,3-5,7,9-10,15-16,19,24-25,27,29-34,37-39H2,1-2H3,(H,61,62)(H,63,64)(H2,51,52,60)/b8-6-,13-11-,14-12-,18-17-,22-20-,23-21-,28-26-/t40-,41-,42-,43-,47-,48-,49-/m1/s1. The van der Waals surface area contributed by atoms with Gasteiger partial charge in [-0.25, -0.2) is 13.9 Å². The van der Waals surface area contributed by atoms with Crippen LogP contribution < -0.4 is 11.4 Å². The SMILES string of the molecule is CC/C=C\C/C=C\C/C=C\C/C=C\C[C@@H](O)[C@H](O)CCCC(=O)O[C@H](COC(=O)CCCC/C=C\C/C=C\C/C=C\CCCCC)COP(=O)(O)OP(=O)(O)OC[C@H]1O[C@@H](n2ccc(N)nc2=O)[C@H](O)[C@@H]1O. The molecule has 1 aliphatic heterocycles. The van der Waals surface area contributed by atoms with Gasteiger partial charge in [-0.2, -0.15) is 9.29 Å². The molecule has 0 aliphatic carbocycles. The predicted molar refractivity (Wildman–Crippen MR) is 273 cm³/mol. The summed E-state index contributed by atoms with van der Waals surface area (Å²) < 4.78 is 56.4. The van der Waals surface area contributed by atoms with Crippen molar-refractivity contribution in [3.63, 3.8) is 0 Å². The van der Waals surface area contributed by atoms with Crippen molar-refractivity contribution >= 4 is 33.4 Å². The number of hydrogen-bond acceptors (Lipinski definition) is 17. The van der Waals surface area contributed by atoms with Gasteiger partial charge in [0, 0.05) is 19.0 Å². The average molecular weight is 1060 g/mol. The van der Waals surface area contributed by atoms with Crippen molar-refractivity contribution in [2.45, 2.75) is 172 Å². The normalized spacial score (nSPS) is 20.7. The second kappa shape index (κ2) is 37.6. The third-order valence-corrected chi connectivity index (χ3v) is 13.3. The molecule has 9 atom stereocenters. The maximum atomic E-state index is 12.9. The lowest BCUT2D eigenvalue weighted by molar-refractivity contribution is -0.161. The Balaban J connectivity index is 1.90. The molecule has 0 aromatic carbocycles. The van der Waals surface area contributed by atoms with Crippen molar-refractivity contribution in [1.29, 1.82) is 0 Å². The number of carbonyl (C=O) groups excluding carboxylic acids is 2. The number of rotatable bonds is 39. The fraction of sp³-hybridized carbons (Fsp3) is 0.600. The Labute approximate surface area is 423 Å². The van der Waals surface area contributed by atoms with Crippen molar-refractivity contribution < 1.29 is 76.5 Å². The van der Waals surface area contributed by atoms with E-state index in [0.717, 1.165) is 55.7 Å². The third kappa shape index (κ3) is 29.5. The van der Waals surface area contributed by atoms with Gasteiger partial charge in [-0.1, -0.05) is 112 Å². The van der Waals surface area contributed by atoms with Gasteiger partial charge in [0.15, 0.2) is 12.3 Å². The average Bonchev–Trinajstić information content (AvgIpc) is 3.61. The number of esters is 2. The van der Waals surface area contributed by atoms with Gasteiger partial charge in [-0.05, 0) is 96.0 Å². The number of aromatic nitrogens is 2. The molecule has 1 saturated heterocycles. The molecule has 2 unspecified atom stereocenters. The third-order valence-electron chi connectivity index (χ3n) is 10.7. The zero-order chi connectivity index (χ0) is 53.0. The molecule has 406 valence electrons. The van der Waals surface area contributed by atoms with Crippen LogP contribution in [0.1, 0.15) is 136 Å². The van der Waals surface area contributed by atoms with E-state index < -0.39 is 95.9 Å². The Hall–Kier alpha value is -4.14. The summed E-state index contributed by atoms with van der Waals surface area (Å²) in [5, 5.41) is 41.8. The first-order valence-electron chi connectivity index (χ1n) is 24.8. The zero-order valence-corrected chi connectivity index (χ0v) is 43.5. The molecule has 0 bridgehead atoms. The lowest BCUT2D eigenvalue weighted by Crippen LogP contribution is -2.36. The molecule has 22 heteroatoms. The smallest absolute Gasteiger partial charge is 0.462 e. The minimum absolute atomic E-state index is 0.0123. The largest absolute Gasteiger partial charge is 0.481 e. The number of aliphatic hydroxyl groups is 4. The maximum Gasteiger partial charge on any atom is 0.481 e. The van der Waals surface area contributed by atoms with Crippen LogP contribution in [-0.2, 0) is 46.3 Å². The number of nitrogens with zero attached hydrogens (tertiary/aromatic N) is 2. The van der Waals surface area contributed by atoms with Gasteiger partial charge < -0.3 is 50.2 Å². The summed E-state index contributed by atoms with van der Waals surface area (Å²) in [6.07, 6.45) is 31.2. The summed E-state index contributed by atoms with van der Waals surface area (Å²) in [6, 6.07) is 1.23. The first-order chi connectivity index (χ1) is 34.5. The van der Waals surface area contributed by atoms with Gasteiger partial charge in [-0.3, -0.25) is 23.2 Å². The van der Waals surface area contributed by atoms with Crippen LogP contribution in [-0.4, -0.2) is 108 Å². The summed E-state index contributed by atoms with van der Waals surface area (Å²) in [6.45, 7) is 1.67. The number of phosphoric ester groups is 2. The van der Waals surface area contributed by atoms with Crippen molar-refractivity contribution in [2.24, 2.45) is 0 Å². The monoisotopic (exact) mass is 1060 g/mol. The van der Waals surface area contributed by atoms with Crippen LogP contribution in [0.25, 0.3) is 0 Å². The molecule has 1 aromatic heterocycles. The number of aliphatic hydroxyl groups excluding tert-OH is 4. The molecule has 0 amide bonds. The van der Waals surface area contributed by atoms with Gasteiger partial charge in [0.2, 0.25) is 0 Å². The highest BCUT2D eigenvalue weighted by atomic mass is 31.3. The molecule has 1 fully saturated rings. The van der Waals surface area contributed by atoms with E-state index in [2.05, 4.69) is 71.8 Å². The minimum Gasteiger partial charge on any atom is -0.462 e. The molecular formula is C50H79N3O17P2. The molecule has 2 heterocycles. The Bertz CT molecular complexity index is 2070. The van der Waals surface area contributed by atoms with Crippen LogP contribution in [0.5, 0.6) is 0 Å². The quantitative estimate of drug-likeness (QED) is 0.0143. The number of nitrogens with two attached hydrogens (primary N) is 1. The number of anilines is 1.